The third-order valence-electron chi connectivity index (χ3n) is 4.73. The van der Waals surface area contributed by atoms with Gasteiger partial charge in [0.25, 0.3) is 0 Å². The van der Waals surface area contributed by atoms with Crippen molar-refractivity contribution in [2.24, 2.45) is 11.3 Å². The van der Waals surface area contributed by atoms with Crippen LogP contribution < -0.4 is 5.32 Å². The molecule has 0 aromatic heterocycles. The van der Waals surface area contributed by atoms with Gasteiger partial charge < -0.3 is 15.0 Å². The summed E-state index contributed by atoms with van der Waals surface area (Å²) in [6, 6.07) is 0.206. The summed E-state index contributed by atoms with van der Waals surface area (Å²) >= 11 is 0. The highest BCUT2D eigenvalue weighted by Crippen LogP contribution is 2.34. The molecule has 21 heavy (non-hydrogen) atoms. The molecule has 2 heterocycles. The Morgan fingerprint density at radius 3 is 2.67 bits per heavy atom. The number of rotatable bonds is 2. The van der Waals surface area contributed by atoms with Crippen molar-refractivity contribution >= 4 is 18.3 Å². The van der Waals surface area contributed by atoms with Crippen molar-refractivity contribution in [3.8, 4) is 0 Å². The van der Waals surface area contributed by atoms with Crippen LogP contribution in [0, 0.1) is 11.3 Å². The Hall–Kier alpha value is -0.320. The molecular formula is C16H31ClN2O2. The van der Waals surface area contributed by atoms with Crippen LogP contribution in [0.5, 0.6) is 0 Å². The predicted molar refractivity (Wildman–Crippen MR) is 87.9 cm³/mol. The molecule has 5 heteroatoms. The zero-order valence-corrected chi connectivity index (χ0v) is 14.5. The molecule has 2 aliphatic heterocycles. The van der Waals surface area contributed by atoms with Crippen LogP contribution in [0.25, 0.3) is 0 Å². The Kier molecular flexibility index (Phi) is 7.45. The summed E-state index contributed by atoms with van der Waals surface area (Å²) in [6.07, 6.45) is 4.12. The molecule has 0 aromatic carbocycles. The van der Waals surface area contributed by atoms with Crippen molar-refractivity contribution in [3.63, 3.8) is 0 Å². The van der Waals surface area contributed by atoms with E-state index in [1.165, 1.54) is 6.42 Å². The molecule has 1 amide bonds. The van der Waals surface area contributed by atoms with Crippen LogP contribution in [0.1, 0.15) is 46.5 Å². The van der Waals surface area contributed by atoms with Crippen molar-refractivity contribution < 1.29 is 9.53 Å². The van der Waals surface area contributed by atoms with Gasteiger partial charge in [-0.3, -0.25) is 4.79 Å². The summed E-state index contributed by atoms with van der Waals surface area (Å²) in [5.41, 5.74) is 0.359. The van der Waals surface area contributed by atoms with Crippen LogP contribution in [0.4, 0.5) is 0 Å². The maximum absolute atomic E-state index is 12.4. The predicted octanol–water partition coefficient (Wildman–Crippen LogP) is 2.46. The first kappa shape index (κ1) is 18.7. The molecule has 1 N–H and O–H groups in total. The number of carbonyl (C=O) groups is 1. The lowest BCUT2D eigenvalue weighted by Gasteiger charge is -2.30. The summed E-state index contributed by atoms with van der Waals surface area (Å²) < 4.78 is 5.42. The fourth-order valence-corrected chi connectivity index (χ4v) is 3.30. The van der Waals surface area contributed by atoms with Gasteiger partial charge in [0.15, 0.2) is 0 Å². The number of morpholine rings is 1. The Balaban J connectivity index is 0.00000220. The molecule has 2 rings (SSSR count). The van der Waals surface area contributed by atoms with Crippen LogP contribution in [-0.2, 0) is 9.53 Å². The lowest BCUT2D eigenvalue weighted by atomic mass is 9.77. The molecule has 0 radical (unpaired) electrons. The van der Waals surface area contributed by atoms with Crippen molar-refractivity contribution in [3.05, 3.63) is 0 Å². The number of hydrogen-bond donors (Lipinski definition) is 1. The highest BCUT2D eigenvalue weighted by molar-refractivity contribution is 5.85. The molecule has 0 spiro atoms. The first-order valence-corrected chi connectivity index (χ1v) is 8.05. The van der Waals surface area contributed by atoms with Crippen LogP contribution in [0.2, 0.25) is 0 Å². The van der Waals surface area contributed by atoms with Crippen molar-refractivity contribution in [2.45, 2.75) is 52.5 Å². The van der Waals surface area contributed by atoms with Gasteiger partial charge in [-0.05, 0) is 30.6 Å². The highest BCUT2D eigenvalue weighted by Gasteiger charge is 2.29. The largest absolute Gasteiger partial charge is 0.378 e. The third-order valence-corrected chi connectivity index (χ3v) is 4.73. The number of likely N-dealkylation sites (tertiary alicyclic amines) is 1. The normalized spacial score (nSPS) is 27.7. The average Bonchev–Trinajstić information content (AvgIpc) is 2.65. The van der Waals surface area contributed by atoms with Gasteiger partial charge in [-0.2, -0.15) is 0 Å². The Bertz CT molecular complexity index is 325. The maximum atomic E-state index is 12.4. The topological polar surface area (TPSA) is 41.6 Å². The number of nitrogens with one attached hydrogen (secondary N) is 1. The van der Waals surface area contributed by atoms with Crippen LogP contribution >= 0.6 is 12.4 Å². The lowest BCUT2D eigenvalue weighted by molar-refractivity contribution is -0.132. The van der Waals surface area contributed by atoms with E-state index in [2.05, 4.69) is 31.0 Å². The second kappa shape index (κ2) is 8.35. The van der Waals surface area contributed by atoms with E-state index in [-0.39, 0.29) is 18.4 Å². The van der Waals surface area contributed by atoms with E-state index >= 15 is 0 Å². The molecule has 2 fully saturated rings. The number of amides is 1. The molecule has 124 valence electrons. The number of nitrogens with zero attached hydrogens (tertiary/aromatic N) is 1. The standard InChI is InChI=1S/C16H30N2O2.ClH/c1-16(2,3)13-5-4-8-18(9-6-13)15(19)11-14-12-20-10-7-17-14;/h13-14,17H,4-12H2,1-3H3;1H. The third kappa shape index (κ3) is 5.76. The summed E-state index contributed by atoms with van der Waals surface area (Å²) in [5.74, 6) is 1.03. The molecule has 0 aromatic rings. The van der Waals surface area contributed by atoms with Gasteiger partial charge in [0.05, 0.1) is 13.2 Å². The average molecular weight is 319 g/mol. The Labute approximate surface area is 135 Å². The number of carbonyl (C=O) groups excluding carboxylic acids is 1. The minimum Gasteiger partial charge on any atom is -0.378 e. The van der Waals surface area contributed by atoms with Crippen LogP contribution in [0.3, 0.4) is 0 Å². The van der Waals surface area contributed by atoms with Crippen molar-refractivity contribution in [2.75, 3.05) is 32.8 Å². The van der Waals surface area contributed by atoms with Gasteiger partial charge in [0.1, 0.15) is 0 Å². The van der Waals surface area contributed by atoms with Gasteiger partial charge in [-0.15, -0.1) is 12.4 Å². The Morgan fingerprint density at radius 1 is 1.29 bits per heavy atom. The van der Waals surface area contributed by atoms with Crippen molar-refractivity contribution in [1.82, 2.24) is 10.2 Å². The minimum atomic E-state index is 0. The zero-order chi connectivity index (χ0) is 14.6. The summed E-state index contributed by atoms with van der Waals surface area (Å²) in [4.78, 5) is 14.5. The minimum absolute atomic E-state index is 0. The van der Waals surface area contributed by atoms with E-state index in [1.54, 1.807) is 0 Å². The molecule has 0 aliphatic carbocycles. The smallest absolute Gasteiger partial charge is 0.224 e. The molecule has 2 aliphatic rings. The molecule has 0 bridgehead atoms. The fraction of sp³-hybridized carbons (Fsp3) is 0.938. The molecule has 2 saturated heterocycles. The van der Waals surface area contributed by atoms with Crippen molar-refractivity contribution in [1.29, 1.82) is 0 Å². The highest BCUT2D eigenvalue weighted by atomic mass is 35.5. The summed E-state index contributed by atoms with van der Waals surface area (Å²) in [5, 5.41) is 3.37. The zero-order valence-electron chi connectivity index (χ0n) is 13.7. The second-order valence-corrected chi connectivity index (χ2v) is 7.30. The molecule has 0 saturated carbocycles. The van der Waals surface area contributed by atoms with Gasteiger partial charge in [-0.1, -0.05) is 20.8 Å². The SMILES string of the molecule is CC(C)(C)C1CCCN(C(=O)CC2COCCN2)CC1.Cl. The van der Waals surface area contributed by atoms with Gasteiger partial charge >= 0.3 is 0 Å². The molecular weight excluding hydrogens is 288 g/mol. The van der Waals surface area contributed by atoms with Gasteiger partial charge in [0.2, 0.25) is 5.91 Å². The summed E-state index contributed by atoms with van der Waals surface area (Å²) in [6.45, 7) is 11.1. The fourth-order valence-electron chi connectivity index (χ4n) is 3.30. The molecule has 2 atom stereocenters. The molecule has 2 unspecified atom stereocenters. The first-order chi connectivity index (χ1) is 9.47. The van der Waals surface area contributed by atoms with Crippen LogP contribution in [-0.4, -0.2) is 49.7 Å². The lowest BCUT2D eigenvalue weighted by Crippen LogP contribution is -2.45. The number of halogens is 1. The Morgan fingerprint density at radius 2 is 2.05 bits per heavy atom. The maximum Gasteiger partial charge on any atom is 0.224 e. The van der Waals surface area contributed by atoms with Crippen LogP contribution in [0.15, 0.2) is 0 Å². The number of hydrogen-bond acceptors (Lipinski definition) is 3. The van der Waals surface area contributed by atoms with E-state index in [4.69, 9.17) is 4.74 Å². The second-order valence-electron chi connectivity index (χ2n) is 7.30. The summed E-state index contributed by atoms with van der Waals surface area (Å²) in [7, 11) is 0. The molecule has 4 nitrogen and oxygen atoms in total. The van der Waals surface area contributed by atoms with E-state index in [0.717, 1.165) is 45.0 Å². The monoisotopic (exact) mass is 318 g/mol. The quantitative estimate of drug-likeness (QED) is 0.850. The van der Waals surface area contributed by atoms with Gasteiger partial charge in [-0.25, -0.2) is 0 Å². The van der Waals surface area contributed by atoms with Gasteiger partial charge in [0, 0.05) is 32.1 Å². The van der Waals surface area contributed by atoms with E-state index in [9.17, 15) is 4.79 Å². The van der Waals surface area contributed by atoms with E-state index < -0.39 is 0 Å². The number of ether oxygens (including phenoxy) is 1. The van der Waals surface area contributed by atoms with E-state index in [1.807, 2.05) is 0 Å². The first-order valence-electron chi connectivity index (χ1n) is 8.05. The van der Waals surface area contributed by atoms with E-state index in [0.29, 0.717) is 24.3 Å².